The Morgan fingerprint density at radius 2 is 1.74 bits per heavy atom. The van der Waals surface area contributed by atoms with Crippen LogP contribution in [-0.4, -0.2) is 41.9 Å². The molecule has 1 N–H and O–H groups in total. The molecular weight excluding hydrogens is 364 g/mol. The highest BCUT2D eigenvalue weighted by Crippen LogP contribution is 2.35. The minimum atomic E-state index is -0.513. The minimum Gasteiger partial charge on any atom is -0.459 e. The molecule has 7 heteroatoms. The quantitative estimate of drug-likeness (QED) is 0.462. The zero-order chi connectivity index (χ0) is 20.6. The van der Waals surface area contributed by atoms with Crippen LogP contribution in [0.1, 0.15) is 85.9 Å². The number of unbranched alkanes of at least 4 members (excludes halogenated alkanes) is 2. The predicted octanol–water partition coefficient (Wildman–Crippen LogP) is 4.62. The molecular formula is C20H32N2O4S. The molecule has 6 nitrogen and oxygen atoms in total. The molecule has 1 aromatic rings. The normalized spacial score (nSPS) is 10.8. The number of nitrogens with zero attached hydrogens (tertiary/aromatic N) is 1. The molecule has 0 aliphatic heterocycles. The molecule has 152 valence electrons. The maximum absolute atomic E-state index is 12.8. The van der Waals surface area contributed by atoms with E-state index in [1.807, 2.05) is 13.8 Å². The van der Waals surface area contributed by atoms with Gasteiger partial charge in [-0.25, -0.2) is 4.79 Å². The van der Waals surface area contributed by atoms with E-state index in [2.05, 4.69) is 12.2 Å². The molecule has 27 heavy (non-hydrogen) atoms. The van der Waals surface area contributed by atoms with Crippen LogP contribution in [-0.2, 0) is 9.53 Å². The van der Waals surface area contributed by atoms with Gasteiger partial charge in [-0.05, 0) is 46.6 Å². The molecule has 0 atom stereocenters. The van der Waals surface area contributed by atoms with E-state index in [-0.39, 0.29) is 23.5 Å². The van der Waals surface area contributed by atoms with E-state index in [0.717, 1.165) is 30.6 Å². The lowest BCUT2D eigenvalue weighted by Gasteiger charge is -2.18. The molecule has 2 amide bonds. The summed E-state index contributed by atoms with van der Waals surface area (Å²) in [6.07, 6.45) is 2.91. The standard InChI is InChI=1S/C20H32N2O4S/c1-7-10-11-12-15(23)21-18-16(20(25)26-13(4)5)14(6)17(27-18)19(24)22(8-2)9-3/h13H,7-12H2,1-6H3,(H,21,23). The summed E-state index contributed by atoms with van der Waals surface area (Å²) in [7, 11) is 0. The van der Waals surface area contributed by atoms with Crippen molar-refractivity contribution in [1.82, 2.24) is 4.90 Å². The summed E-state index contributed by atoms with van der Waals surface area (Å²) < 4.78 is 5.34. The van der Waals surface area contributed by atoms with Gasteiger partial charge in [0.1, 0.15) is 5.00 Å². The first-order valence-corrected chi connectivity index (χ1v) is 10.5. The molecule has 0 radical (unpaired) electrons. The van der Waals surface area contributed by atoms with E-state index >= 15 is 0 Å². The summed E-state index contributed by atoms with van der Waals surface area (Å²) in [6.45, 7) is 12.3. The average Bonchev–Trinajstić information content (AvgIpc) is 2.91. The topological polar surface area (TPSA) is 75.7 Å². The Labute approximate surface area is 166 Å². The maximum Gasteiger partial charge on any atom is 0.341 e. The number of carbonyl (C=O) groups is 3. The van der Waals surface area contributed by atoms with Crippen LogP contribution >= 0.6 is 11.3 Å². The Morgan fingerprint density at radius 3 is 2.26 bits per heavy atom. The molecule has 0 bridgehead atoms. The van der Waals surface area contributed by atoms with Crippen LogP contribution in [0, 0.1) is 6.92 Å². The first kappa shape index (κ1) is 23.1. The van der Waals surface area contributed by atoms with Gasteiger partial charge in [-0.1, -0.05) is 19.8 Å². The summed E-state index contributed by atoms with van der Waals surface area (Å²) in [5, 5.41) is 3.22. The number of anilines is 1. The second-order valence-corrected chi connectivity index (χ2v) is 7.72. The Hall–Kier alpha value is -1.89. The molecule has 0 saturated heterocycles. The van der Waals surface area contributed by atoms with Gasteiger partial charge in [0.25, 0.3) is 5.91 Å². The van der Waals surface area contributed by atoms with E-state index in [4.69, 9.17) is 4.74 Å². The third-order valence-corrected chi connectivity index (χ3v) is 5.39. The van der Waals surface area contributed by atoms with Crippen molar-refractivity contribution in [1.29, 1.82) is 0 Å². The van der Waals surface area contributed by atoms with Crippen molar-refractivity contribution in [3.05, 3.63) is 16.0 Å². The van der Waals surface area contributed by atoms with Crippen molar-refractivity contribution >= 4 is 34.1 Å². The van der Waals surface area contributed by atoms with Crippen molar-refractivity contribution in [3.8, 4) is 0 Å². The number of esters is 1. The van der Waals surface area contributed by atoms with Gasteiger partial charge < -0.3 is 15.0 Å². The smallest absolute Gasteiger partial charge is 0.341 e. The molecule has 0 spiro atoms. The van der Waals surface area contributed by atoms with Crippen LogP contribution in [0.3, 0.4) is 0 Å². The van der Waals surface area contributed by atoms with Gasteiger partial charge in [-0.15, -0.1) is 11.3 Å². The second-order valence-electron chi connectivity index (χ2n) is 6.70. The van der Waals surface area contributed by atoms with E-state index in [1.165, 1.54) is 0 Å². The van der Waals surface area contributed by atoms with Crippen LogP contribution in [0.25, 0.3) is 0 Å². The van der Waals surface area contributed by atoms with E-state index in [0.29, 0.717) is 35.0 Å². The predicted molar refractivity (Wildman–Crippen MR) is 110 cm³/mol. The molecule has 0 aliphatic carbocycles. The molecule has 0 saturated carbocycles. The first-order valence-electron chi connectivity index (χ1n) is 9.70. The Balaban J connectivity index is 3.21. The van der Waals surface area contributed by atoms with Crippen LogP contribution in [0.5, 0.6) is 0 Å². The number of thiophene rings is 1. The van der Waals surface area contributed by atoms with E-state index < -0.39 is 5.97 Å². The van der Waals surface area contributed by atoms with E-state index in [9.17, 15) is 14.4 Å². The molecule has 1 heterocycles. The monoisotopic (exact) mass is 396 g/mol. The lowest BCUT2D eigenvalue weighted by molar-refractivity contribution is -0.116. The van der Waals surface area contributed by atoms with Gasteiger partial charge >= 0.3 is 5.97 Å². The summed E-state index contributed by atoms with van der Waals surface area (Å²) >= 11 is 1.15. The lowest BCUT2D eigenvalue weighted by Crippen LogP contribution is -2.30. The fourth-order valence-electron chi connectivity index (χ4n) is 2.70. The van der Waals surface area contributed by atoms with Crippen molar-refractivity contribution in [3.63, 3.8) is 0 Å². The zero-order valence-corrected chi connectivity index (χ0v) is 18.1. The van der Waals surface area contributed by atoms with Crippen molar-refractivity contribution in [2.45, 2.75) is 73.3 Å². The number of ether oxygens (including phenoxy) is 1. The van der Waals surface area contributed by atoms with Crippen LogP contribution in [0.2, 0.25) is 0 Å². The number of rotatable bonds is 10. The third-order valence-electron chi connectivity index (χ3n) is 4.20. The van der Waals surface area contributed by atoms with Gasteiger partial charge in [0, 0.05) is 19.5 Å². The molecule has 0 aliphatic rings. The number of hydrogen-bond acceptors (Lipinski definition) is 5. The van der Waals surface area contributed by atoms with Crippen molar-refractivity contribution in [2.24, 2.45) is 0 Å². The highest BCUT2D eigenvalue weighted by Gasteiger charge is 2.28. The second kappa shape index (κ2) is 11.1. The van der Waals surface area contributed by atoms with Crippen molar-refractivity contribution < 1.29 is 19.1 Å². The molecule has 0 unspecified atom stereocenters. The average molecular weight is 397 g/mol. The number of hydrogen-bond donors (Lipinski definition) is 1. The van der Waals surface area contributed by atoms with Crippen LogP contribution in [0.15, 0.2) is 0 Å². The summed E-state index contributed by atoms with van der Waals surface area (Å²) in [5.74, 6) is -0.793. The molecule has 0 aromatic carbocycles. The minimum absolute atomic E-state index is 0.132. The highest BCUT2D eigenvalue weighted by atomic mass is 32.1. The molecule has 1 aromatic heterocycles. The fourth-order valence-corrected chi connectivity index (χ4v) is 3.88. The SMILES string of the molecule is CCCCCC(=O)Nc1sc(C(=O)N(CC)CC)c(C)c1C(=O)OC(C)C. The van der Waals surface area contributed by atoms with Crippen LogP contribution < -0.4 is 5.32 Å². The largest absolute Gasteiger partial charge is 0.459 e. The third kappa shape index (κ3) is 6.34. The van der Waals surface area contributed by atoms with Gasteiger partial charge in [-0.3, -0.25) is 9.59 Å². The Bertz CT molecular complexity index is 663. The Kier molecular flexibility index (Phi) is 9.49. The number of carbonyl (C=O) groups excluding carboxylic acids is 3. The van der Waals surface area contributed by atoms with E-state index in [1.54, 1.807) is 25.7 Å². The molecule has 0 fully saturated rings. The zero-order valence-electron chi connectivity index (χ0n) is 17.3. The first-order chi connectivity index (χ1) is 12.8. The fraction of sp³-hybridized carbons (Fsp3) is 0.650. The number of nitrogens with one attached hydrogen (secondary N) is 1. The lowest BCUT2D eigenvalue weighted by atomic mass is 10.1. The number of amides is 2. The Morgan fingerprint density at radius 1 is 1.11 bits per heavy atom. The highest BCUT2D eigenvalue weighted by molar-refractivity contribution is 7.18. The summed E-state index contributed by atoms with van der Waals surface area (Å²) in [5.41, 5.74) is 0.847. The van der Waals surface area contributed by atoms with Gasteiger partial charge in [0.05, 0.1) is 16.5 Å². The summed E-state index contributed by atoms with van der Waals surface area (Å²) in [6, 6.07) is 0. The maximum atomic E-state index is 12.8. The van der Waals surface area contributed by atoms with Gasteiger partial charge in [0.15, 0.2) is 0 Å². The van der Waals surface area contributed by atoms with Crippen LogP contribution in [0.4, 0.5) is 5.00 Å². The van der Waals surface area contributed by atoms with Gasteiger partial charge in [-0.2, -0.15) is 0 Å². The van der Waals surface area contributed by atoms with Crippen molar-refractivity contribution in [2.75, 3.05) is 18.4 Å². The van der Waals surface area contributed by atoms with Gasteiger partial charge in [0.2, 0.25) is 5.91 Å². The molecule has 1 rings (SSSR count). The summed E-state index contributed by atoms with van der Waals surface area (Å²) in [4.78, 5) is 39.8.